The van der Waals surface area contributed by atoms with Gasteiger partial charge in [-0.1, -0.05) is 27.2 Å². The fraction of sp³-hybridized carbons (Fsp3) is 0.588. The molecule has 0 N–H and O–H groups in total. The van der Waals surface area contributed by atoms with E-state index in [0.717, 1.165) is 27.7 Å². The maximum atomic E-state index is 11.4. The lowest BCUT2D eigenvalue weighted by molar-refractivity contribution is -0.144. The minimum Gasteiger partial charge on any atom is -0.465 e. The van der Waals surface area contributed by atoms with Gasteiger partial charge in [0.15, 0.2) is 5.69 Å². The van der Waals surface area contributed by atoms with Crippen LogP contribution in [0.2, 0.25) is 0 Å². The lowest BCUT2D eigenvalue weighted by Gasteiger charge is -2.25. The number of carbonyl (C=O) groups excluding carboxylic acids is 1. The molecule has 126 valence electrons. The van der Waals surface area contributed by atoms with Gasteiger partial charge in [-0.05, 0) is 41.5 Å². The summed E-state index contributed by atoms with van der Waals surface area (Å²) in [4.78, 5) is 16.6. The number of nitrogens with zero attached hydrogens (tertiary/aromatic N) is 2. The van der Waals surface area contributed by atoms with Crippen molar-refractivity contribution in [3.63, 3.8) is 0 Å². The zero-order chi connectivity index (χ0) is 17.2. The molecule has 4 nitrogen and oxygen atoms in total. The molecule has 0 aliphatic rings. The zero-order valence-electron chi connectivity index (χ0n) is 13.8. The van der Waals surface area contributed by atoms with Crippen LogP contribution in [-0.2, 0) is 9.53 Å². The van der Waals surface area contributed by atoms with Crippen LogP contribution in [0.1, 0.15) is 52.1 Å². The van der Waals surface area contributed by atoms with Crippen LogP contribution in [-0.4, -0.2) is 22.8 Å². The third-order valence-electron chi connectivity index (χ3n) is 3.61. The second kappa shape index (κ2) is 10.9. The second-order valence-electron chi connectivity index (χ2n) is 5.23. The molecular weight excluding hydrogens is 423 g/mol. The van der Waals surface area contributed by atoms with Gasteiger partial charge in [0.05, 0.1) is 10.2 Å². The van der Waals surface area contributed by atoms with Gasteiger partial charge in [-0.15, -0.1) is 11.8 Å². The molecule has 0 fully saturated rings. The molecule has 1 aromatic rings. The van der Waals surface area contributed by atoms with Gasteiger partial charge in [-0.25, -0.2) is 4.98 Å². The molecule has 2 unspecified atom stereocenters. The first-order chi connectivity index (χ1) is 11.1. The van der Waals surface area contributed by atoms with Crippen molar-refractivity contribution in [1.82, 2.24) is 4.98 Å². The van der Waals surface area contributed by atoms with Crippen LogP contribution in [0.4, 0.5) is 0 Å². The monoisotopic (exact) mass is 446 g/mol. The van der Waals surface area contributed by atoms with Crippen molar-refractivity contribution in [2.24, 2.45) is 5.92 Å². The number of esters is 1. The Morgan fingerprint density at radius 3 is 2.78 bits per heavy atom. The molecule has 23 heavy (non-hydrogen) atoms. The van der Waals surface area contributed by atoms with E-state index in [2.05, 4.69) is 47.5 Å². The number of carbonyl (C=O) groups is 1. The lowest BCUT2D eigenvalue weighted by Crippen LogP contribution is -2.23. The Kier molecular flexibility index (Phi) is 9.56. The van der Waals surface area contributed by atoms with Crippen molar-refractivity contribution in [2.45, 2.75) is 56.6 Å². The minimum atomic E-state index is -0.144. The zero-order valence-corrected chi connectivity index (χ0v) is 16.8. The van der Waals surface area contributed by atoms with E-state index in [0.29, 0.717) is 29.9 Å². The molecular formula is C17H23IN2O2S. The van der Waals surface area contributed by atoms with E-state index in [9.17, 15) is 4.79 Å². The molecule has 0 saturated heterocycles. The van der Waals surface area contributed by atoms with E-state index in [-0.39, 0.29) is 5.97 Å². The number of ether oxygens (including phenoxy) is 1. The molecule has 0 amide bonds. The summed E-state index contributed by atoms with van der Waals surface area (Å²) in [6, 6.07) is 4.09. The molecule has 0 saturated carbocycles. The van der Waals surface area contributed by atoms with E-state index in [4.69, 9.17) is 10.00 Å². The largest absolute Gasteiger partial charge is 0.465 e. The van der Waals surface area contributed by atoms with Crippen LogP contribution in [0, 0.1) is 20.8 Å². The van der Waals surface area contributed by atoms with Gasteiger partial charge in [-0.3, -0.25) is 4.79 Å². The van der Waals surface area contributed by atoms with Gasteiger partial charge in [0.1, 0.15) is 6.07 Å². The average molecular weight is 446 g/mol. The summed E-state index contributed by atoms with van der Waals surface area (Å²) in [5.74, 6) is 0.166. The highest BCUT2D eigenvalue weighted by atomic mass is 127. The molecule has 0 radical (unpaired) electrons. The highest BCUT2D eigenvalue weighted by Gasteiger charge is 2.23. The Labute approximate surface area is 156 Å². The summed E-state index contributed by atoms with van der Waals surface area (Å²) >= 11 is 3.96. The summed E-state index contributed by atoms with van der Waals surface area (Å²) in [6.45, 7) is 6.57. The van der Waals surface area contributed by atoms with Crippen LogP contribution in [0.15, 0.2) is 17.2 Å². The summed E-state index contributed by atoms with van der Waals surface area (Å²) in [5.41, 5.74) is 0.469. The molecule has 6 heteroatoms. The van der Waals surface area contributed by atoms with Gasteiger partial charge in [0.25, 0.3) is 0 Å². The van der Waals surface area contributed by atoms with Crippen molar-refractivity contribution in [3.8, 4) is 6.07 Å². The van der Waals surface area contributed by atoms with E-state index in [1.165, 1.54) is 0 Å². The first-order valence-corrected chi connectivity index (χ1v) is 9.89. The van der Waals surface area contributed by atoms with Crippen LogP contribution < -0.4 is 0 Å². The maximum Gasteiger partial charge on any atom is 0.305 e. The Morgan fingerprint density at radius 1 is 1.48 bits per heavy atom. The number of nitriles is 1. The normalized spacial score (nSPS) is 13.2. The third-order valence-corrected chi connectivity index (χ3v) is 6.58. The molecule has 0 aromatic carbocycles. The van der Waals surface area contributed by atoms with E-state index in [1.807, 2.05) is 13.0 Å². The molecule has 1 rings (SSSR count). The smallest absolute Gasteiger partial charge is 0.305 e. The van der Waals surface area contributed by atoms with E-state index < -0.39 is 0 Å². The number of halogens is 1. The summed E-state index contributed by atoms with van der Waals surface area (Å²) in [7, 11) is 0. The standard InChI is InChI=1S/C17H23IN2O2S/c1-4-7-14(12(5-2)11-22-16(21)6-3)23-15-8-9-20-13(10-19)17(15)18/h8-9,12,14H,4-7,11H2,1-3H3. The number of hydrogen-bond donors (Lipinski definition) is 0. The SMILES string of the molecule is CCCC(Sc1ccnc(C#N)c1I)C(CC)COC(=O)CC. The first-order valence-electron chi connectivity index (χ1n) is 7.94. The van der Waals surface area contributed by atoms with Gasteiger partial charge in [0.2, 0.25) is 0 Å². The number of hydrogen-bond acceptors (Lipinski definition) is 5. The molecule has 0 aliphatic heterocycles. The Morgan fingerprint density at radius 2 is 2.22 bits per heavy atom. The number of pyridine rings is 1. The second-order valence-corrected chi connectivity index (χ2v) is 7.59. The fourth-order valence-electron chi connectivity index (χ4n) is 2.22. The molecule has 2 atom stereocenters. The van der Waals surface area contributed by atoms with Crippen molar-refractivity contribution >= 4 is 40.3 Å². The molecule has 0 aliphatic carbocycles. The van der Waals surface area contributed by atoms with E-state index in [1.54, 1.807) is 18.0 Å². The minimum absolute atomic E-state index is 0.144. The molecule has 1 heterocycles. The highest BCUT2D eigenvalue weighted by molar-refractivity contribution is 14.1. The average Bonchev–Trinajstić information content (AvgIpc) is 2.56. The Hall–Kier alpha value is -0.810. The molecule has 0 bridgehead atoms. The fourth-order valence-corrected chi connectivity index (χ4v) is 4.53. The summed E-state index contributed by atoms with van der Waals surface area (Å²) in [6.07, 6.45) is 5.18. The summed E-state index contributed by atoms with van der Waals surface area (Å²) in [5, 5.41) is 9.48. The van der Waals surface area contributed by atoms with Crippen molar-refractivity contribution in [1.29, 1.82) is 5.26 Å². The Bertz CT molecular complexity index is 560. The molecule has 1 aromatic heterocycles. The first kappa shape index (κ1) is 20.2. The van der Waals surface area contributed by atoms with Crippen LogP contribution in [0.25, 0.3) is 0 Å². The van der Waals surface area contributed by atoms with Gasteiger partial charge >= 0.3 is 5.97 Å². The predicted octanol–water partition coefficient (Wildman–Crippen LogP) is 4.80. The maximum absolute atomic E-state index is 11.4. The van der Waals surface area contributed by atoms with Crippen molar-refractivity contribution in [3.05, 3.63) is 21.5 Å². The van der Waals surface area contributed by atoms with Crippen LogP contribution >= 0.6 is 34.4 Å². The number of rotatable bonds is 9. The van der Waals surface area contributed by atoms with Crippen molar-refractivity contribution in [2.75, 3.05) is 6.61 Å². The lowest BCUT2D eigenvalue weighted by atomic mass is 10.00. The number of thioether (sulfide) groups is 1. The topological polar surface area (TPSA) is 63.0 Å². The van der Waals surface area contributed by atoms with Gasteiger partial charge in [-0.2, -0.15) is 5.26 Å². The molecule has 0 spiro atoms. The number of aromatic nitrogens is 1. The van der Waals surface area contributed by atoms with Crippen LogP contribution in [0.5, 0.6) is 0 Å². The summed E-state index contributed by atoms with van der Waals surface area (Å²) < 4.78 is 6.27. The van der Waals surface area contributed by atoms with E-state index >= 15 is 0 Å². The van der Waals surface area contributed by atoms with Gasteiger partial charge in [0, 0.05) is 28.7 Å². The quantitative estimate of drug-likeness (QED) is 0.310. The third kappa shape index (κ3) is 6.30. The predicted molar refractivity (Wildman–Crippen MR) is 101 cm³/mol. The highest BCUT2D eigenvalue weighted by Crippen LogP contribution is 2.36. The van der Waals surface area contributed by atoms with Crippen LogP contribution in [0.3, 0.4) is 0 Å². The van der Waals surface area contributed by atoms with Gasteiger partial charge < -0.3 is 4.74 Å². The Balaban J connectivity index is 2.88. The van der Waals surface area contributed by atoms with Crippen molar-refractivity contribution < 1.29 is 9.53 Å².